The summed E-state index contributed by atoms with van der Waals surface area (Å²) in [6.45, 7) is 2.03. The van der Waals surface area contributed by atoms with Gasteiger partial charge in [-0.05, 0) is 24.6 Å². The maximum absolute atomic E-state index is 13.2. The van der Waals surface area contributed by atoms with Crippen LogP contribution in [0.15, 0.2) is 24.5 Å². The zero-order chi connectivity index (χ0) is 13.8. The zero-order valence-electron chi connectivity index (χ0n) is 10.5. The second-order valence-electron chi connectivity index (χ2n) is 4.09. The highest BCUT2D eigenvalue weighted by atomic mass is 35.5. The molecule has 100 valence electrons. The van der Waals surface area contributed by atoms with Gasteiger partial charge in [0.2, 0.25) is 0 Å². The maximum Gasteiger partial charge on any atom is 0.139 e. The lowest BCUT2D eigenvalue weighted by Crippen LogP contribution is -2.05. The highest BCUT2D eigenvalue weighted by Gasteiger charge is 2.10. The maximum atomic E-state index is 13.2. The smallest absolute Gasteiger partial charge is 0.139 e. The molecule has 0 aliphatic carbocycles. The van der Waals surface area contributed by atoms with Gasteiger partial charge in [0.05, 0.1) is 10.7 Å². The number of anilines is 3. The van der Waals surface area contributed by atoms with Gasteiger partial charge < -0.3 is 11.1 Å². The molecule has 0 aliphatic rings. The number of nitrogens with zero attached hydrogens (tertiary/aromatic N) is 2. The summed E-state index contributed by atoms with van der Waals surface area (Å²) in [6, 6.07) is 4.11. The summed E-state index contributed by atoms with van der Waals surface area (Å²) in [5.74, 6) is 0.611. The number of nitrogens with one attached hydrogen (secondary N) is 1. The van der Waals surface area contributed by atoms with E-state index in [-0.39, 0.29) is 5.82 Å². The van der Waals surface area contributed by atoms with E-state index in [4.69, 9.17) is 17.3 Å². The topological polar surface area (TPSA) is 63.8 Å². The molecule has 4 nitrogen and oxygen atoms in total. The SMILES string of the molecule is CCCc1c(N)ncnc1Nc1cc(F)ccc1Cl. The van der Waals surface area contributed by atoms with E-state index in [1.54, 1.807) is 0 Å². The van der Waals surface area contributed by atoms with E-state index in [0.29, 0.717) is 22.3 Å². The molecule has 0 saturated heterocycles. The van der Waals surface area contributed by atoms with Crippen LogP contribution in [-0.2, 0) is 6.42 Å². The number of hydrogen-bond donors (Lipinski definition) is 2. The molecule has 0 amide bonds. The Bertz CT molecular complexity index is 589. The first-order valence-corrected chi connectivity index (χ1v) is 6.31. The summed E-state index contributed by atoms with van der Waals surface area (Å²) in [5, 5.41) is 3.42. The highest BCUT2D eigenvalue weighted by molar-refractivity contribution is 6.33. The summed E-state index contributed by atoms with van der Waals surface area (Å²) in [7, 11) is 0. The molecule has 0 radical (unpaired) electrons. The van der Waals surface area contributed by atoms with Crippen molar-refractivity contribution in [3.05, 3.63) is 40.9 Å². The van der Waals surface area contributed by atoms with Crippen molar-refractivity contribution in [2.24, 2.45) is 0 Å². The highest BCUT2D eigenvalue weighted by Crippen LogP contribution is 2.28. The minimum atomic E-state index is -0.369. The summed E-state index contributed by atoms with van der Waals surface area (Å²) in [6.07, 6.45) is 3.01. The fourth-order valence-corrected chi connectivity index (χ4v) is 1.92. The molecule has 19 heavy (non-hydrogen) atoms. The van der Waals surface area contributed by atoms with Crippen molar-refractivity contribution in [1.82, 2.24) is 9.97 Å². The third kappa shape index (κ3) is 3.12. The number of hydrogen-bond acceptors (Lipinski definition) is 4. The van der Waals surface area contributed by atoms with Crippen LogP contribution in [0.2, 0.25) is 5.02 Å². The molecule has 0 saturated carbocycles. The first-order valence-electron chi connectivity index (χ1n) is 5.93. The van der Waals surface area contributed by atoms with Gasteiger partial charge in [0.25, 0.3) is 0 Å². The van der Waals surface area contributed by atoms with Gasteiger partial charge in [-0.3, -0.25) is 0 Å². The van der Waals surface area contributed by atoms with E-state index >= 15 is 0 Å². The molecule has 2 aromatic rings. The molecule has 0 atom stereocenters. The minimum absolute atomic E-state index is 0.369. The average Bonchev–Trinajstić information content (AvgIpc) is 2.38. The van der Waals surface area contributed by atoms with Crippen molar-refractivity contribution in [3.8, 4) is 0 Å². The third-order valence-electron chi connectivity index (χ3n) is 2.66. The molecular weight excluding hydrogens is 267 g/mol. The largest absolute Gasteiger partial charge is 0.383 e. The number of aromatic nitrogens is 2. The standard InChI is InChI=1S/C13H14ClFN4/c1-2-3-9-12(16)17-7-18-13(9)19-11-6-8(15)4-5-10(11)14/h4-7H,2-3H2,1H3,(H3,16,17,18,19). The number of nitrogens with two attached hydrogens (primary N) is 1. The fourth-order valence-electron chi connectivity index (χ4n) is 1.75. The second kappa shape index (κ2) is 5.84. The van der Waals surface area contributed by atoms with Gasteiger partial charge in [0, 0.05) is 5.56 Å². The van der Waals surface area contributed by atoms with Gasteiger partial charge in [-0.15, -0.1) is 0 Å². The molecule has 1 heterocycles. The van der Waals surface area contributed by atoms with Crippen LogP contribution in [0.25, 0.3) is 0 Å². The van der Waals surface area contributed by atoms with Gasteiger partial charge in [0.15, 0.2) is 0 Å². The lowest BCUT2D eigenvalue weighted by Gasteiger charge is -2.12. The van der Waals surface area contributed by atoms with Crippen molar-refractivity contribution in [3.63, 3.8) is 0 Å². The Labute approximate surface area is 115 Å². The van der Waals surface area contributed by atoms with Crippen molar-refractivity contribution in [1.29, 1.82) is 0 Å². The third-order valence-corrected chi connectivity index (χ3v) is 2.99. The first-order chi connectivity index (χ1) is 9.11. The van der Waals surface area contributed by atoms with Crippen molar-refractivity contribution >= 4 is 28.9 Å². The van der Waals surface area contributed by atoms with E-state index in [1.807, 2.05) is 6.92 Å². The molecule has 1 aromatic carbocycles. The van der Waals surface area contributed by atoms with E-state index in [9.17, 15) is 4.39 Å². The van der Waals surface area contributed by atoms with Crippen molar-refractivity contribution in [2.45, 2.75) is 19.8 Å². The van der Waals surface area contributed by atoms with Crippen molar-refractivity contribution in [2.75, 3.05) is 11.1 Å². The van der Waals surface area contributed by atoms with Gasteiger partial charge in [0.1, 0.15) is 23.8 Å². The molecular formula is C13H14ClFN4. The lowest BCUT2D eigenvalue weighted by atomic mass is 10.1. The Kier molecular flexibility index (Phi) is 4.16. The van der Waals surface area contributed by atoms with E-state index < -0.39 is 0 Å². The fraction of sp³-hybridized carbons (Fsp3) is 0.231. The van der Waals surface area contributed by atoms with Gasteiger partial charge in [-0.25, -0.2) is 14.4 Å². The average molecular weight is 281 g/mol. The van der Waals surface area contributed by atoms with Crippen LogP contribution in [-0.4, -0.2) is 9.97 Å². The van der Waals surface area contributed by atoms with E-state index in [2.05, 4.69) is 15.3 Å². The lowest BCUT2D eigenvalue weighted by molar-refractivity contribution is 0.628. The summed E-state index contributed by atoms with van der Waals surface area (Å²) < 4.78 is 13.2. The summed E-state index contributed by atoms with van der Waals surface area (Å²) >= 11 is 6.01. The normalized spacial score (nSPS) is 10.5. The Hall–Kier alpha value is -1.88. The van der Waals surface area contributed by atoms with Gasteiger partial charge >= 0.3 is 0 Å². The zero-order valence-corrected chi connectivity index (χ0v) is 11.2. The monoisotopic (exact) mass is 280 g/mol. The van der Waals surface area contributed by atoms with Crippen molar-refractivity contribution < 1.29 is 4.39 Å². The molecule has 0 fully saturated rings. The van der Waals surface area contributed by atoms with Crippen LogP contribution in [0.5, 0.6) is 0 Å². The molecule has 6 heteroatoms. The molecule has 0 bridgehead atoms. The van der Waals surface area contributed by atoms with Crippen LogP contribution in [0.3, 0.4) is 0 Å². The van der Waals surface area contributed by atoms with Crippen LogP contribution in [0, 0.1) is 5.82 Å². The second-order valence-corrected chi connectivity index (χ2v) is 4.49. The van der Waals surface area contributed by atoms with E-state index in [0.717, 1.165) is 18.4 Å². The van der Waals surface area contributed by atoms with Crippen LogP contribution >= 0.6 is 11.6 Å². The van der Waals surface area contributed by atoms with Gasteiger partial charge in [-0.2, -0.15) is 0 Å². The molecule has 0 aliphatic heterocycles. The number of halogens is 2. The molecule has 0 spiro atoms. The molecule has 3 N–H and O–H groups in total. The summed E-state index contributed by atoms with van der Waals surface area (Å²) in [4.78, 5) is 8.10. The molecule has 2 rings (SSSR count). The molecule has 1 aromatic heterocycles. The van der Waals surface area contributed by atoms with Crippen LogP contribution < -0.4 is 11.1 Å². The number of nitrogen functional groups attached to an aromatic ring is 1. The number of rotatable bonds is 4. The Morgan fingerprint density at radius 2 is 2.16 bits per heavy atom. The minimum Gasteiger partial charge on any atom is -0.383 e. The van der Waals surface area contributed by atoms with Crippen LogP contribution in [0.4, 0.5) is 21.7 Å². The Morgan fingerprint density at radius 3 is 2.89 bits per heavy atom. The Balaban J connectivity index is 2.37. The summed E-state index contributed by atoms with van der Waals surface area (Å²) in [5.41, 5.74) is 7.10. The Morgan fingerprint density at radius 1 is 1.37 bits per heavy atom. The predicted molar refractivity (Wildman–Crippen MR) is 75.1 cm³/mol. The predicted octanol–water partition coefficient (Wildman–Crippen LogP) is 3.55. The van der Waals surface area contributed by atoms with E-state index in [1.165, 1.54) is 24.5 Å². The van der Waals surface area contributed by atoms with Gasteiger partial charge in [-0.1, -0.05) is 24.9 Å². The van der Waals surface area contributed by atoms with Crippen LogP contribution in [0.1, 0.15) is 18.9 Å². The molecule has 0 unspecified atom stereocenters. The quantitative estimate of drug-likeness (QED) is 0.899. The first kappa shape index (κ1) is 13.5. The number of benzene rings is 1.